The first-order valence-electron chi connectivity index (χ1n) is 7.99. The molecule has 28 heavy (non-hydrogen) atoms. The summed E-state index contributed by atoms with van der Waals surface area (Å²) >= 11 is 6.87. The van der Waals surface area contributed by atoms with Crippen molar-refractivity contribution in [1.29, 1.82) is 10.5 Å². The molecule has 0 fully saturated rings. The average molecular weight is 499 g/mol. The van der Waals surface area contributed by atoms with Gasteiger partial charge in [-0.05, 0) is 46.3 Å². The summed E-state index contributed by atoms with van der Waals surface area (Å²) in [6.07, 6.45) is 1.62. The Labute approximate surface area is 178 Å². The smallest absolute Gasteiger partial charge is 0.145 e. The molecule has 3 rings (SSSR count). The number of ether oxygens (including phenoxy) is 1. The van der Waals surface area contributed by atoms with E-state index in [1.165, 1.54) is 4.68 Å². The molecule has 138 valence electrons. The van der Waals surface area contributed by atoms with E-state index in [1.54, 1.807) is 13.2 Å². The number of nitrogens with two attached hydrogens (primary N) is 1. The van der Waals surface area contributed by atoms with Gasteiger partial charge in [0.05, 0.1) is 22.8 Å². The van der Waals surface area contributed by atoms with Crippen LogP contribution in [0.4, 0.5) is 5.82 Å². The molecule has 6 nitrogen and oxygen atoms in total. The van der Waals surface area contributed by atoms with Gasteiger partial charge >= 0.3 is 0 Å². The fourth-order valence-corrected chi connectivity index (χ4v) is 4.13. The van der Waals surface area contributed by atoms with E-state index in [9.17, 15) is 10.5 Å². The van der Waals surface area contributed by atoms with Gasteiger partial charge in [0, 0.05) is 10.0 Å². The van der Waals surface area contributed by atoms with Crippen LogP contribution >= 0.6 is 31.9 Å². The number of halogens is 2. The quantitative estimate of drug-likeness (QED) is 0.514. The van der Waals surface area contributed by atoms with E-state index < -0.39 is 0 Å². The molecule has 0 radical (unpaired) electrons. The summed E-state index contributed by atoms with van der Waals surface area (Å²) in [5.74, 6) is 0.733. The monoisotopic (exact) mass is 497 g/mol. The van der Waals surface area contributed by atoms with Crippen molar-refractivity contribution in [3.8, 4) is 23.6 Å². The lowest BCUT2D eigenvalue weighted by atomic mass is 10.1. The van der Waals surface area contributed by atoms with Crippen molar-refractivity contribution >= 4 is 49.3 Å². The summed E-state index contributed by atoms with van der Waals surface area (Å²) in [5.41, 5.74) is 8.04. The van der Waals surface area contributed by atoms with E-state index in [4.69, 9.17) is 10.5 Å². The normalized spacial score (nSPS) is 11.0. The molecule has 0 spiro atoms. The number of hydrogen-bond acceptors (Lipinski definition) is 5. The van der Waals surface area contributed by atoms with Gasteiger partial charge in [-0.15, -0.1) is 0 Å². The summed E-state index contributed by atoms with van der Waals surface area (Å²) in [5, 5.41) is 23.8. The third-order valence-corrected chi connectivity index (χ3v) is 5.00. The second kappa shape index (κ2) is 8.30. The molecule has 0 bridgehead atoms. The maximum Gasteiger partial charge on any atom is 0.145 e. The van der Waals surface area contributed by atoms with Crippen LogP contribution in [-0.2, 0) is 0 Å². The third-order valence-electron chi connectivity index (χ3n) is 3.95. The number of allylic oxidation sites excluding steroid dienone is 1. The maximum atomic E-state index is 9.75. The summed E-state index contributed by atoms with van der Waals surface area (Å²) in [6, 6.07) is 17.0. The molecule has 8 heteroatoms. The van der Waals surface area contributed by atoms with Crippen molar-refractivity contribution in [1.82, 2.24) is 9.78 Å². The maximum absolute atomic E-state index is 9.75. The molecule has 0 aliphatic carbocycles. The minimum absolute atomic E-state index is 0.143. The largest absolute Gasteiger partial charge is 0.495 e. The molecule has 2 N–H and O–H groups in total. The number of benzene rings is 2. The number of nitrogens with zero attached hydrogens (tertiary/aromatic N) is 4. The number of nitriles is 2. The molecular weight excluding hydrogens is 486 g/mol. The first-order valence-corrected chi connectivity index (χ1v) is 9.58. The van der Waals surface area contributed by atoms with E-state index in [-0.39, 0.29) is 22.6 Å². The fraction of sp³-hybridized carbons (Fsp3) is 0.0500. The standard InChI is InChI=1S/C20H13Br2N5O/c1-28-19-12(8-14(21)9-17(19)22)7-13(10-23)18-16(11-24)20(25)27(26-18)15-5-3-2-4-6-15/h2-9H,25H2,1H3/b13-7+. The van der Waals surface area contributed by atoms with Crippen molar-refractivity contribution in [2.75, 3.05) is 12.8 Å². The molecule has 0 unspecified atom stereocenters. The van der Waals surface area contributed by atoms with Crippen LogP contribution in [0.25, 0.3) is 17.3 Å². The van der Waals surface area contributed by atoms with E-state index in [0.29, 0.717) is 17.0 Å². The SMILES string of the molecule is COc1c(Br)cc(Br)cc1/C=C(\C#N)c1nn(-c2ccccc2)c(N)c1C#N. The number of nitrogen functional groups attached to an aromatic ring is 1. The highest BCUT2D eigenvalue weighted by Crippen LogP contribution is 2.35. The Morgan fingerprint density at radius 2 is 1.93 bits per heavy atom. The zero-order valence-corrected chi connectivity index (χ0v) is 17.8. The minimum Gasteiger partial charge on any atom is -0.495 e. The van der Waals surface area contributed by atoms with Gasteiger partial charge in [-0.2, -0.15) is 15.6 Å². The Hall–Kier alpha value is -3.07. The van der Waals surface area contributed by atoms with E-state index >= 15 is 0 Å². The van der Waals surface area contributed by atoms with Gasteiger partial charge in [-0.3, -0.25) is 0 Å². The second-order valence-electron chi connectivity index (χ2n) is 5.65. The van der Waals surface area contributed by atoms with Crippen molar-refractivity contribution < 1.29 is 4.74 Å². The van der Waals surface area contributed by atoms with E-state index in [1.807, 2.05) is 42.5 Å². The molecule has 0 saturated heterocycles. The third kappa shape index (κ3) is 3.65. The van der Waals surface area contributed by atoms with Gasteiger partial charge in [0.15, 0.2) is 0 Å². The number of para-hydroxylation sites is 1. The average Bonchev–Trinajstić information content (AvgIpc) is 3.02. The lowest BCUT2D eigenvalue weighted by Crippen LogP contribution is -2.02. The molecule has 0 amide bonds. The number of anilines is 1. The van der Waals surface area contributed by atoms with Crippen LogP contribution in [-0.4, -0.2) is 16.9 Å². The highest BCUT2D eigenvalue weighted by atomic mass is 79.9. The Morgan fingerprint density at radius 3 is 2.54 bits per heavy atom. The van der Waals surface area contributed by atoms with Crippen LogP contribution in [0.3, 0.4) is 0 Å². The van der Waals surface area contributed by atoms with Gasteiger partial charge < -0.3 is 10.5 Å². The summed E-state index contributed by atoms with van der Waals surface area (Å²) < 4.78 is 8.41. The van der Waals surface area contributed by atoms with E-state index in [2.05, 4.69) is 49.1 Å². The van der Waals surface area contributed by atoms with Gasteiger partial charge in [0.25, 0.3) is 0 Å². The summed E-state index contributed by atoms with van der Waals surface area (Å²) in [6.45, 7) is 0. The predicted molar refractivity (Wildman–Crippen MR) is 115 cm³/mol. The molecule has 0 aliphatic heterocycles. The van der Waals surface area contributed by atoms with Crippen LogP contribution in [0.15, 0.2) is 51.4 Å². The Balaban J connectivity index is 2.22. The van der Waals surface area contributed by atoms with Crippen LogP contribution in [0.5, 0.6) is 5.75 Å². The molecule has 0 atom stereocenters. The summed E-state index contributed by atoms with van der Waals surface area (Å²) in [7, 11) is 1.54. The lowest BCUT2D eigenvalue weighted by Gasteiger charge is -2.08. The first kappa shape index (κ1) is 19.7. The molecular formula is C20H13Br2N5O. The topological polar surface area (TPSA) is 101 Å². The van der Waals surface area contributed by atoms with Crippen molar-refractivity contribution in [2.24, 2.45) is 0 Å². The zero-order valence-electron chi connectivity index (χ0n) is 14.6. The minimum atomic E-state index is 0.143. The first-order chi connectivity index (χ1) is 13.5. The second-order valence-corrected chi connectivity index (χ2v) is 7.42. The zero-order chi connectivity index (χ0) is 20.3. The number of rotatable bonds is 4. The van der Waals surface area contributed by atoms with Crippen LogP contribution < -0.4 is 10.5 Å². The fourth-order valence-electron chi connectivity index (χ4n) is 2.71. The highest BCUT2D eigenvalue weighted by Gasteiger charge is 2.20. The van der Waals surface area contributed by atoms with Crippen molar-refractivity contribution in [3.05, 3.63) is 68.2 Å². The van der Waals surface area contributed by atoms with Crippen LogP contribution in [0, 0.1) is 22.7 Å². The molecule has 0 saturated carbocycles. The Kier molecular flexibility index (Phi) is 5.84. The lowest BCUT2D eigenvalue weighted by molar-refractivity contribution is 0.411. The summed E-state index contributed by atoms with van der Waals surface area (Å²) in [4.78, 5) is 0. The number of hydrogen-bond donors (Lipinski definition) is 1. The highest BCUT2D eigenvalue weighted by molar-refractivity contribution is 9.11. The number of methoxy groups -OCH3 is 1. The van der Waals surface area contributed by atoms with Gasteiger partial charge in [-0.1, -0.05) is 34.1 Å². The molecule has 1 heterocycles. The van der Waals surface area contributed by atoms with Crippen LogP contribution in [0.2, 0.25) is 0 Å². The Bertz CT molecular complexity index is 1150. The van der Waals surface area contributed by atoms with Gasteiger partial charge in [0.1, 0.15) is 35.0 Å². The van der Waals surface area contributed by atoms with Gasteiger partial charge in [0.2, 0.25) is 0 Å². The molecule has 2 aromatic carbocycles. The molecule has 3 aromatic rings. The van der Waals surface area contributed by atoms with Crippen molar-refractivity contribution in [3.63, 3.8) is 0 Å². The molecule has 0 aliphatic rings. The van der Waals surface area contributed by atoms with Crippen molar-refractivity contribution in [2.45, 2.75) is 0 Å². The molecule has 1 aromatic heterocycles. The Morgan fingerprint density at radius 1 is 1.21 bits per heavy atom. The predicted octanol–water partition coefficient (Wildman–Crippen LogP) is 4.92. The van der Waals surface area contributed by atoms with Gasteiger partial charge in [-0.25, -0.2) is 4.68 Å². The van der Waals surface area contributed by atoms with E-state index in [0.717, 1.165) is 8.95 Å². The number of aromatic nitrogens is 2. The van der Waals surface area contributed by atoms with Crippen LogP contribution in [0.1, 0.15) is 16.8 Å².